The van der Waals surface area contributed by atoms with Gasteiger partial charge in [0.1, 0.15) is 5.76 Å². The third-order valence-corrected chi connectivity index (χ3v) is 8.84. The zero-order chi connectivity index (χ0) is 17.9. The summed E-state index contributed by atoms with van der Waals surface area (Å²) in [6.45, 7) is 0. The fraction of sp³-hybridized carbons (Fsp3) is 0.480. The van der Waals surface area contributed by atoms with Crippen LogP contribution in [0, 0.1) is 47.3 Å². The molecule has 136 valence electrons. The van der Waals surface area contributed by atoms with Crippen molar-refractivity contribution in [3.8, 4) is 0 Å². The molecule has 0 aromatic heterocycles. The predicted octanol–water partition coefficient (Wildman–Crippen LogP) is 4.30. The molecule has 8 unspecified atom stereocenters. The summed E-state index contributed by atoms with van der Waals surface area (Å²) < 4.78 is 6.07. The lowest BCUT2D eigenvalue weighted by molar-refractivity contribution is -0.120. The third-order valence-electron chi connectivity index (χ3n) is 8.84. The molecule has 3 saturated carbocycles. The standard InChI is InChI=1S/C25H24O2/c1-27-24-19-14-8-7-13(11-14)18(19)23(26)22(24)25(17-5-3-2-4-6-17)20-15-9-10-16(12-15)21(20)25/h2-10,13-16,18-21H,11-12H2,1H3. The third kappa shape index (κ3) is 1.49. The molecule has 2 heteroatoms. The van der Waals surface area contributed by atoms with Crippen LogP contribution in [0.5, 0.6) is 0 Å². The predicted molar refractivity (Wildman–Crippen MR) is 103 cm³/mol. The van der Waals surface area contributed by atoms with Crippen LogP contribution in [-0.4, -0.2) is 12.9 Å². The van der Waals surface area contributed by atoms with Gasteiger partial charge in [0, 0.05) is 22.8 Å². The zero-order valence-corrected chi connectivity index (χ0v) is 15.5. The Bertz CT molecular complexity index is 934. The van der Waals surface area contributed by atoms with Crippen molar-refractivity contribution in [2.24, 2.45) is 47.3 Å². The number of methoxy groups -OCH3 is 1. The van der Waals surface area contributed by atoms with Crippen LogP contribution in [0.3, 0.4) is 0 Å². The van der Waals surface area contributed by atoms with E-state index in [-0.39, 0.29) is 11.3 Å². The van der Waals surface area contributed by atoms with Gasteiger partial charge in [-0.2, -0.15) is 0 Å². The van der Waals surface area contributed by atoms with E-state index in [2.05, 4.69) is 54.6 Å². The number of allylic oxidation sites excluding steroid dienone is 6. The van der Waals surface area contributed by atoms with Crippen molar-refractivity contribution in [3.05, 3.63) is 71.5 Å². The van der Waals surface area contributed by atoms with E-state index < -0.39 is 0 Å². The first kappa shape index (κ1) is 14.9. The van der Waals surface area contributed by atoms with Gasteiger partial charge < -0.3 is 4.74 Å². The van der Waals surface area contributed by atoms with Crippen LogP contribution < -0.4 is 0 Å². The molecular formula is C25H24O2. The maximum atomic E-state index is 13.9. The van der Waals surface area contributed by atoms with Gasteiger partial charge in [-0.05, 0) is 53.9 Å². The average molecular weight is 356 g/mol. The van der Waals surface area contributed by atoms with Gasteiger partial charge in [0.15, 0.2) is 5.78 Å². The highest BCUT2D eigenvalue weighted by Gasteiger charge is 2.78. The fourth-order valence-electron chi connectivity index (χ4n) is 8.15. The molecular weight excluding hydrogens is 332 g/mol. The van der Waals surface area contributed by atoms with Gasteiger partial charge in [0.25, 0.3) is 0 Å². The van der Waals surface area contributed by atoms with Crippen LogP contribution in [0.4, 0.5) is 0 Å². The van der Waals surface area contributed by atoms with E-state index in [4.69, 9.17) is 4.74 Å². The van der Waals surface area contributed by atoms with Crippen LogP contribution in [0.2, 0.25) is 0 Å². The SMILES string of the molecule is COC1=C(C2(c3ccccc3)C3C4C=CC(C4)C32)C(=O)C2C3C=CC(C3)C12. The second kappa shape index (κ2) is 4.66. The van der Waals surface area contributed by atoms with Gasteiger partial charge in [-0.3, -0.25) is 4.79 Å². The molecule has 0 amide bonds. The van der Waals surface area contributed by atoms with Gasteiger partial charge in [0.2, 0.25) is 0 Å². The highest BCUT2D eigenvalue weighted by atomic mass is 16.5. The molecule has 8 atom stereocenters. The molecule has 3 fully saturated rings. The molecule has 1 aromatic carbocycles. The molecule has 2 nitrogen and oxygen atoms in total. The lowest BCUT2D eigenvalue weighted by atomic mass is 9.75. The number of hydrogen-bond donors (Lipinski definition) is 0. The van der Waals surface area contributed by atoms with Gasteiger partial charge in [-0.1, -0.05) is 54.6 Å². The Hall–Kier alpha value is -2.09. The lowest BCUT2D eigenvalue weighted by Crippen LogP contribution is -2.28. The number of rotatable bonds is 3. The van der Waals surface area contributed by atoms with Gasteiger partial charge >= 0.3 is 0 Å². The Morgan fingerprint density at radius 2 is 1.44 bits per heavy atom. The van der Waals surface area contributed by atoms with Crippen LogP contribution >= 0.6 is 0 Å². The summed E-state index contributed by atoms with van der Waals surface area (Å²) in [6, 6.07) is 10.9. The molecule has 7 rings (SSSR count). The molecule has 0 radical (unpaired) electrons. The normalized spacial score (nSPS) is 49.9. The monoisotopic (exact) mass is 356 g/mol. The van der Waals surface area contributed by atoms with Gasteiger partial charge in [-0.15, -0.1) is 0 Å². The Labute approximate surface area is 160 Å². The van der Waals surface area contributed by atoms with E-state index in [9.17, 15) is 4.79 Å². The van der Waals surface area contributed by atoms with E-state index in [1.54, 1.807) is 7.11 Å². The first-order valence-corrected chi connectivity index (χ1v) is 10.5. The zero-order valence-electron chi connectivity index (χ0n) is 15.5. The fourth-order valence-corrected chi connectivity index (χ4v) is 8.15. The summed E-state index contributed by atoms with van der Waals surface area (Å²) >= 11 is 0. The summed E-state index contributed by atoms with van der Waals surface area (Å²) in [5.41, 5.74) is 2.31. The molecule has 27 heavy (non-hydrogen) atoms. The molecule has 1 aromatic rings. The number of benzene rings is 1. The van der Waals surface area contributed by atoms with E-state index in [1.165, 1.54) is 12.0 Å². The smallest absolute Gasteiger partial charge is 0.167 e. The molecule has 0 spiro atoms. The Morgan fingerprint density at radius 3 is 2.11 bits per heavy atom. The quantitative estimate of drug-likeness (QED) is 0.755. The number of carbonyl (C=O) groups is 1. The minimum atomic E-state index is -0.107. The Balaban J connectivity index is 1.45. The topological polar surface area (TPSA) is 26.3 Å². The second-order valence-corrected chi connectivity index (χ2v) is 9.54. The van der Waals surface area contributed by atoms with Crippen molar-refractivity contribution >= 4 is 5.78 Å². The Morgan fingerprint density at radius 1 is 0.852 bits per heavy atom. The Kier molecular flexibility index (Phi) is 2.57. The first-order chi connectivity index (χ1) is 13.3. The van der Waals surface area contributed by atoms with Crippen LogP contribution in [0.1, 0.15) is 18.4 Å². The van der Waals surface area contributed by atoms with Crippen molar-refractivity contribution in [1.29, 1.82) is 0 Å². The largest absolute Gasteiger partial charge is 0.500 e. The number of ketones is 1. The van der Waals surface area contributed by atoms with Gasteiger partial charge in [-0.25, -0.2) is 0 Å². The van der Waals surface area contributed by atoms with Crippen molar-refractivity contribution < 1.29 is 9.53 Å². The summed E-state index contributed by atoms with van der Waals surface area (Å²) in [4.78, 5) is 13.9. The second-order valence-electron chi connectivity index (χ2n) is 9.54. The van der Waals surface area contributed by atoms with Crippen molar-refractivity contribution in [1.82, 2.24) is 0 Å². The van der Waals surface area contributed by atoms with E-state index in [1.807, 2.05) is 0 Å². The minimum Gasteiger partial charge on any atom is -0.500 e. The number of ether oxygens (including phenoxy) is 1. The molecule has 4 bridgehead atoms. The van der Waals surface area contributed by atoms with Gasteiger partial charge in [0.05, 0.1) is 7.11 Å². The van der Waals surface area contributed by atoms with E-state index >= 15 is 0 Å². The maximum Gasteiger partial charge on any atom is 0.167 e. The molecule has 6 aliphatic carbocycles. The molecule has 0 saturated heterocycles. The highest BCUT2D eigenvalue weighted by molar-refractivity contribution is 6.05. The number of carbonyl (C=O) groups excluding carboxylic acids is 1. The number of fused-ring (bicyclic) bond motifs is 10. The summed E-state index contributed by atoms with van der Waals surface area (Å²) in [6.07, 6.45) is 11.9. The summed E-state index contributed by atoms with van der Waals surface area (Å²) in [7, 11) is 1.80. The average Bonchev–Trinajstić information content (AvgIpc) is 3.31. The molecule has 0 N–H and O–H groups in total. The molecule has 0 heterocycles. The van der Waals surface area contributed by atoms with Crippen molar-refractivity contribution in [2.75, 3.05) is 7.11 Å². The molecule has 6 aliphatic rings. The van der Waals surface area contributed by atoms with Crippen LogP contribution in [0.15, 0.2) is 66.0 Å². The highest BCUT2D eigenvalue weighted by Crippen LogP contribution is 2.79. The molecule has 0 aliphatic heterocycles. The summed E-state index contributed by atoms with van der Waals surface area (Å²) in [5.74, 6) is 5.24. The van der Waals surface area contributed by atoms with E-state index in [0.29, 0.717) is 47.2 Å². The number of Topliss-reactive ketones (excluding diaryl/α,β-unsaturated/α-hetero) is 1. The minimum absolute atomic E-state index is 0.107. The van der Waals surface area contributed by atoms with Crippen LogP contribution in [0.25, 0.3) is 0 Å². The van der Waals surface area contributed by atoms with E-state index in [0.717, 1.165) is 17.8 Å². The summed E-state index contributed by atoms with van der Waals surface area (Å²) in [5, 5.41) is 0. The lowest BCUT2D eigenvalue weighted by Gasteiger charge is -2.27. The number of hydrogen-bond acceptors (Lipinski definition) is 2. The van der Waals surface area contributed by atoms with Crippen LogP contribution in [-0.2, 0) is 14.9 Å². The maximum absolute atomic E-state index is 13.9. The van der Waals surface area contributed by atoms with Crippen molar-refractivity contribution in [3.63, 3.8) is 0 Å². The first-order valence-electron chi connectivity index (χ1n) is 10.5. The van der Waals surface area contributed by atoms with Crippen molar-refractivity contribution in [2.45, 2.75) is 18.3 Å².